The zero-order valence-electron chi connectivity index (χ0n) is 10.4. The van der Waals surface area contributed by atoms with E-state index >= 15 is 0 Å². The molecule has 0 radical (unpaired) electrons. The Morgan fingerprint density at radius 2 is 2.06 bits per heavy atom. The fourth-order valence-electron chi connectivity index (χ4n) is 2.18. The highest BCUT2D eigenvalue weighted by molar-refractivity contribution is 7.99. The normalized spacial score (nSPS) is 20.1. The second-order valence-corrected chi connectivity index (χ2v) is 5.91. The van der Waals surface area contributed by atoms with Gasteiger partial charge in [0.2, 0.25) is 6.41 Å². The van der Waals surface area contributed by atoms with E-state index in [1.165, 1.54) is 6.42 Å². The monoisotopic (exact) mass is 275 g/mol. The first kappa shape index (κ1) is 15.3. The molecule has 0 aliphatic heterocycles. The fourth-order valence-corrected chi connectivity index (χ4v) is 3.39. The molecule has 0 spiro atoms. The van der Waals surface area contributed by atoms with E-state index < -0.39 is 17.6 Å². The number of aliphatic carboxylic acids is 1. The lowest BCUT2D eigenvalue weighted by Gasteiger charge is -2.31. The first-order chi connectivity index (χ1) is 8.57. The van der Waals surface area contributed by atoms with Gasteiger partial charge in [-0.2, -0.15) is 11.8 Å². The second-order valence-electron chi connectivity index (χ2n) is 4.80. The molecule has 1 aliphatic carbocycles. The Bertz CT molecular complexity index is 279. The Balaban J connectivity index is 2.20. The molecular formula is C12H21NO4S. The van der Waals surface area contributed by atoms with Crippen molar-refractivity contribution in [1.29, 1.82) is 0 Å². The van der Waals surface area contributed by atoms with E-state index in [4.69, 9.17) is 5.11 Å². The van der Waals surface area contributed by atoms with Gasteiger partial charge in [-0.3, -0.25) is 4.79 Å². The Kier molecular flexibility index (Phi) is 6.49. The number of carboxylic acids is 1. The molecule has 0 saturated heterocycles. The predicted molar refractivity (Wildman–Crippen MR) is 70.6 cm³/mol. The summed E-state index contributed by atoms with van der Waals surface area (Å²) in [4.78, 5) is 21.0. The van der Waals surface area contributed by atoms with Gasteiger partial charge in [-0.25, -0.2) is 4.79 Å². The first-order valence-electron chi connectivity index (χ1n) is 6.30. The molecule has 1 fully saturated rings. The number of nitrogens with one attached hydrogen (secondary N) is 1. The molecule has 5 nitrogen and oxygen atoms in total. The van der Waals surface area contributed by atoms with Crippen molar-refractivity contribution in [2.24, 2.45) is 0 Å². The highest BCUT2D eigenvalue weighted by atomic mass is 32.2. The van der Waals surface area contributed by atoms with Crippen LogP contribution in [-0.2, 0) is 9.59 Å². The van der Waals surface area contributed by atoms with Crippen LogP contribution in [-0.4, -0.2) is 45.7 Å². The molecule has 1 unspecified atom stereocenters. The van der Waals surface area contributed by atoms with E-state index in [1.807, 2.05) is 0 Å². The topological polar surface area (TPSA) is 86.6 Å². The maximum atomic E-state index is 10.8. The third-order valence-electron chi connectivity index (χ3n) is 3.27. The van der Waals surface area contributed by atoms with Gasteiger partial charge < -0.3 is 15.5 Å². The van der Waals surface area contributed by atoms with Crippen LogP contribution in [0.25, 0.3) is 0 Å². The van der Waals surface area contributed by atoms with E-state index in [2.05, 4.69) is 5.32 Å². The van der Waals surface area contributed by atoms with Crippen molar-refractivity contribution in [3.8, 4) is 0 Å². The minimum Gasteiger partial charge on any atom is -0.480 e. The smallest absolute Gasteiger partial charge is 0.326 e. The molecule has 1 saturated carbocycles. The third-order valence-corrected chi connectivity index (χ3v) is 4.54. The number of hydrogen-bond acceptors (Lipinski definition) is 4. The van der Waals surface area contributed by atoms with Gasteiger partial charge in [0.25, 0.3) is 0 Å². The van der Waals surface area contributed by atoms with Crippen molar-refractivity contribution in [2.45, 2.75) is 50.2 Å². The molecule has 18 heavy (non-hydrogen) atoms. The lowest BCUT2D eigenvalue weighted by atomic mass is 9.86. The molecule has 1 aliphatic rings. The number of thioether (sulfide) groups is 1. The Hall–Kier alpha value is -0.750. The maximum Gasteiger partial charge on any atom is 0.326 e. The molecular weight excluding hydrogens is 254 g/mol. The lowest BCUT2D eigenvalue weighted by molar-refractivity contribution is -0.140. The van der Waals surface area contributed by atoms with Crippen LogP contribution in [0.2, 0.25) is 0 Å². The van der Waals surface area contributed by atoms with Crippen LogP contribution in [0.3, 0.4) is 0 Å². The molecule has 1 atom stereocenters. The van der Waals surface area contributed by atoms with Crippen LogP contribution in [0, 0.1) is 0 Å². The van der Waals surface area contributed by atoms with Gasteiger partial charge in [0.15, 0.2) is 0 Å². The van der Waals surface area contributed by atoms with E-state index in [0.717, 1.165) is 25.7 Å². The van der Waals surface area contributed by atoms with Gasteiger partial charge in [0, 0.05) is 5.75 Å². The SMILES string of the molecule is O=CNC(CCSCC1(O)CCCCC1)C(=O)O. The summed E-state index contributed by atoms with van der Waals surface area (Å²) in [5.41, 5.74) is -0.570. The van der Waals surface area contributed by atoms with Gasteiger partial charge in [0.1, 0.15) is 6.04 Å². The van der Waals surface area contributed by atoms with Crippen molar-refractivity contribution in [1.82, 2.24) is 5.32 Å². The van der Waals surface area contributed by atoms with Crippen LogP contribution in [0.15, 0.2) is 0 Å². The number of carbonyl (C=O) groups excluding carboxylic acids is 1. The van der Waals surface area contributed by atoms with Crippen LogP contribution < -0.4 is 5.32 Å². The van der Waals surface area contributed by atoms with Crippen molar-refractivity contribution >= 4 is 24.1 Å². The van der Waals surface area contributed by atoms with Gasteiger partial charge in [-0.1, -0.05) is 19.3 Å². The quantitative estimate of drug-likeness (QED) is 0.454. The average Bonchev–Trinajstić information content (AvgIpc) is 2.33. The molecule has 1 amide bonds. The van der Waals surface area contributed by atoms with Crippen LogP contribution in [0.5, 0.6) is 0 Å². The summed E-state index contributed by atoms with van der Waals surface area (Å²) >= 11 is 1.56. The van der Waals surface area contributed by atoms with E-state index in [-0.39, 0.29) is 0 Å². The zero-order chi connectivity index (χ0) is 13.4. The summed E-state index contributed by atoms with van der Waals surface area (Å²) in [6.07, 6.45) is 5.82. The Labute approximate surface area is 111 Å². The summed E-state index contributed by atoms with van der Waals surface area (Å²) in [5.74, 6) is 0.264. The third kappa shape index (κ3) is 5.27. The Morgan fingerprint density at radius 3 is 2.61 bits per heavy atom. The first-order valence-corrected chi connectivity index (χ1v) is 7.45. The maximum absolute atomic E-state index is 10.8. The predicted octanol–water partition coefficient (Wildman–Crippen LogP) is 1.00. The van der Waals surface area contributed by atoms with E-state index in [0.29, 0.717) is 24.3 Å². The molecule has 104 valence electrons. The number of amides is 1. The number of hydrogen-bond donors (Lipinski definition) is 3. The molecule has 6 heteroatoms. The van der Waals surface area contributed by atoms with E-state index in [9.17, 15) is 14.7 Å². The van der Waals surface area contributed by atoms with Gasteiger partial charge in [-0.05, 0) is 25.0 Å². The molecule has 0 aromatic rings. The summed E-state index contributed by atoms with van der Waals surface area (Å²) < 4.78 is 0. The number of carbonyl (C=O) groups is 2. The molecule has 0 bridgehead atoms. The van der Waals surface area contributed by atoms with Crippen molar-refractivity contribution < 1.29 is 19.8 Å². The average molecular weight is 275 g/mol. The molecule has 0 aromatic carbocycles. The van der Waals surface area contributed by atoms with Gasteiger partial charge >= 0.3 is 5.97 Å². The summed E-state index contributed by atoms with van der Waals surface area (Å²) in [6, 6.07) is -0.823. The standard InChI is InChI=1S/C12H21NO4S/c14-9-13-10(11(15)16)4-7-18-8-12(17)5-2-1-3-6-12/h9-10,17H,1-8H2,(H,13,14)(H,15,16). The van der Waals surface area contributed by atoms with Crippen molar-refractivity contribution in [3.05, 3.63) is 0 Å². The van der Waals surface area contributed by atoms with Crippen LogP contribution in [0.1, 0.15) is 38.5 Å². The minimum atomic E-state index is -1.01. The highest BCUT2D eigenvalue weighted by Crippen LogP contribution is 2.31. The van der Waals surface area contributed by atoms with Crippen LogP contribution in [0.4, 0.5) is 0 Å². The number of rotatable bonds is 8. The number of carboxylic acid groups (broad SMARTS) is 1. The summed E-state index contributed by atoms with van der Waals surface area (Å²) in [7, 11) is 0. The molecule has 3 N–H and O–H groups in total. The number of aliphatic hydroxyl groups is 1. The van der Waals surface area contributed by atoms with Crippen molar-refractivity contribution in [3.63, 3.8) is 0 Å². The molecule has 0 heterocycles. The lowest BCUT2D eigenvalue weighted by Crippen LogP contribution is -2.37. The fraction of sp³-hybridized carbons (Fsp3) is 0.833. The minimum absolute atomic E-state index is 0.384. The van der Waals surface area contributed by atoms with Crippen molar-refractivity contribution in [2.75, 3.05) is 11.5 Å². The highest BCUT2D eigenvalue weighted by Gasteiger charge is 2.28. The van der Waals surface area contributed by atoms with Crippen LogP contribution >= 0.6 is 11.8 Å². The largest absolute Gasteiger partial charge is 0.480 e. The van der Waals surface area contributed by atoms with E-state index in [1.54, 1.807) is 11.8 Å². The Morgan fingerprint density at radius 1 is 1.39 bits per heavy atom. The molecule has 1 rings (SSSR count). The summed E-state index contributed by atoms with van der Waals surface area (Å²) in [5, 5.41) is 21.3. The second kappa shape index (κ2) is 7.63. The zero-order valence-corrected chi connectivity index (χ0v) is 11.2. The van der Waals surface area contributed by atoms with Gasteiger partial charge in [-0.15, -0.1) is 0 Å². The summed E-state index contributed by atoms with van der Waals surface area (Å²) in [6.45, 7) is 0. The van der Waals surface area contributed by atoms with Gasteiger partial charge in [0.05, 0.1) is 5.60 Å². The molecule has 0 aromatic heterocycles.